The molecule has 0 radical (unpaired) electrons. The van der Waals surface area contributed by atoms with E-state index in [4.69, 9.17) is 4.74 Å². The lowest BCUT2D eigenvalue weighted by Gasteiger charge is -2.49. The molecule has 2 bridgehead atoms. The van der Waals surface area contributed by atoms with E-state index in [-0.39, 0.29) is 22.8 Å². The number of carbonyl (C=O) groups is 2. The van der Waals surface area contributed by atoms with Crippen molar-refractivity contribution in [3.63, 3.8) is 0 Å². The molecule has 5 rings (SSSR count). The van der Waals surface area contributed by atoms with Gasteiger partial charge in [0.25, 0.3) is 5.91 Å². The minimum absolute atomic E-state index is 0.0228. The molecule has 1 N–H and O–H groups in total. The van der Waals surface area contributed by atoms with Gasteiger partial charge in [-0.05, 0) is 92.6 Å². The van der Waals surface area contributed by atoms with Crippen molar-refractivity contribution in [2.75, 3.05) is 13.2 Å². The molecule has 0 aromatic heterocycles. The van der Waals surface area contributed by atoms with E-state index in [1.807, 2.05) is 6.92 Å². The number of aliphatic carboxylic acids is 1. The van der Waals surface area contributed by atoms with Gasteiger partial charge in [0.05, 0.1) is 12.2 Å². The largest absolute Gasteiger partial charge is 0.493 e. The quantitative estimate of drug-likeness (QED) is 0.563. The number of carbonyl (C=O) groups excluding carboxylic acids is 1. The van der Waals surface area contributed by atoms with Crippen LogP contribution in [0.4, 0.5) is 4.39 Å². The number of amides is 1. The summed E-state index contributed by atoms with van der Waals surface area (Å²) in [5, 5.41) is 9.61. The first-order valence-electron chi connectivity index (χ1n) is 13.2. The number of carboxylic acids is 1. The Labute approximate surface area is 202 Å². The molecular weight excluding hydrogens is 433 g/mol. The van der Waals surface area contributed by atoms with Crippen molar-refractivity contribution in [2.24, 2.45) is 29.1 Å². The van der Waals surface area contributed by atoms with E-state index < -0.39 is 23.7 Å². The van der Waals surface area contributed by atoms with Crippen molar-refractivity contribution in [3.05, 3.63) is 29.1 Å². The van der Waals surface area contributed by atoms with Crippen LogP contribution in [-0.2, 0) is 4.79 Å². The number of carboxylic acid groups (broad SMARTS) is 1. The van der Waals surface area contributed by atoms with Gasteiger partial charge in [-0.1, -0.05) is 20.8 Å². The van der Waals surface area contributed by atoms with Crippen LogP contribution in [0.5, 0.6) is 5.75 Å². The summed E-state index contributed by atoms with van der Waals surface area (Å²) in [6.07, 6.45) is 8.76. The molecule has 186 valence electrons. The van der Waals surface area contributed by atoms with Crippen LogP contribution in [0.2, 0.25) is 0 Å². The van der Waals surface area contributed by atoms with Crippen LogP contribution in [0.3, 0.4) is 0 Å². The third-order valence-electron chi connectivity index (χ3n) is 8.85. The molecule has 5 nitrogen and oxygen atoms in total. The summed E-state index contributed by atoms with van der Waals surface area (Å²) in [4.78, 5) is 26.3. The van der Waals surface area contributed by atoms with Crippen molar-refractivity contribution in [1.29, 1.82) is 0 Å². The van der Waals surface area contributed by atoms with Gasteiger partial charge in [0.1, 0.15) is 17.6 Å². The number of fused-ring (bicyclic) bond motifs is 2. The Balaban J connectivity index is 1.39. The Morgan fingerprint density at radius 2 is 1.76 bits per heavy atom. The first kappa shape index (κ1) is 23.6. The van der Waals surface area contributed by atoms with Crippen LogP contribution in [-0.4, -0.2) is 41.1 Å². The average Bonchev–Trinajstić information content (AvgIpc) is 3.51. The smallest absolute Gasteiger partial charge is 0.326 e. The highest BCUT2D eigenvalue weighted by Crippen LogP contribution is 2.53. The lowest BCUT2D eigenvalue weighted by molar-refractivity contribution is -0.142. The van der Waals surface area contributed by atoms with Crippen LogP contribution < -0.4 is 4.74 Å². The zero-order valence-corrected chi connectivity index (χ0v) is 20.7. The van der Waals surface area contributed by atoms with Gasteiger partial charge in [0.15, 0.2) is 0 Å². The molecule has 34 heavy (non-hydrogen) atoms. The number of benzene rings is 1. The van der Waals surface area contributed by atoms with E-state index in [2.05, 4.69) is 13.8 Å². The number of likely N-dealkylation sites (tertiary alicyclic amines) is 1. The maximum absolute atomic E-state index is 15.3. The fraction of sp³-hybridized carbons (Fsp3) is 0.714. The lowest BCUT2D eigenvalue weighted by Crippen LogP contribution is -2.43. The third kappa shape index (κ3) is 4.45. The highest BCUT2D eigenvalue weighted by molar-refractivity contribution is 5.97. The van der Waals surface area contributed by atoms with E-state index in [0.29, 0.717) is 37.2 Å². The first-order valence-corrected chi connectivity index (χ1v) is 13.2. The maximum atomic E-state index is 15.3. The monoisotopic (exact) mass is 471 g/mol. The van der Waals surface area contributed by atoms with Crippen LogP contribution in [0, 0.1) is 34.9 Å². The molecule has 4 atom stereocenters. The molecule has 4 aliphatic rings. The van der Waals surface area contributed by atoms with Crippen LogP contribution in [0.1, 0.15) is 94.0 Å². The van der Waals surface area contributed by atoms with Crippen molar-refractivity contribution in [2.45, 2.75) is 84.1 Å². The second kappa shape index (κ2) is 8.83. The molecule has 2 unspecified atom stereocenters. The Morgan fingerprint density at radius 1 is 1.09 bits per heavy atom. The number of hydrogen-bond donors (Lipinski definition) is 1. The number of ether oxygens (including phenoxy) is 1. The Morgan fingerprint density at radius 3 is 2.38 bits per heavy atom. The zero-order valence-electron chi connectivity index (χ0n) is 20.7. The third-order valence-corrected chi connectivity index (χ3v) is 8.85. The summed E-state index contributed by atoms with van der Waals surface area (Å²) in [6, 6.07) is 2.14. The number of nitrogens with zero attached hydrogens (tertiary/aromatic N) is 1. The minimum Gasteiger partial charge on any atom is -0.493 e. The number of rotatable bonds is 6. The molecule has 1 amide bonds. The van der Waals surface area contributed by atoms with E-state index in [9.17, 15) is 14.7 Å². The van der Waals surface area contributed by atoms with Crippen molar-refractivity contribution in [3.8, 4) is 5.75 Å². The molecule has 0 spiro atoms. The lowest BCUT2D eigenvalue weighted by atomic mass is 9.57. The first-order chi connectivity index (χ1) is 16.2. The van der Waals surface area contributed by atoms with E-state index in [1.165, 1.54) is 30.2 Å². The second-order valence-electron chi connectivity index (χ2n) is 12.1. The molecular formula is C28H38FNO4. The van der Waals surface area contributed by atoms with Gasteiger partial charge in [-0.25, -0.2) is 9.18 Å². The van der Waals surface area contributed by atoms with Crippen molar-refractivity contribution < 1.29 is 23.8 Å². The fourth-order valence-electron chi connectivity index (χ4n) is 7.60. The fourth-order valence-corrected chi connectivity index (χ4v) is 7.60. The number of halogens is 1. The van der Waals surface area contributed by atoms with Gasteiger partial charge in [0.2, 0.25) is 0 Å². The van der Waals surface area contributed by atoms with Gasteiger partial charge >= 0.3 is 5.97 Å². The van der Waals surface area contributed by atoms with Crippen molar-refractivity contribution >= 4 is 11.9 Å². The Kier molecular flexibility index (Phi) is 6.14. The van der Waals surface area contributed by atoms with E-state index >= 15 is 4.39 Å². The van der Waals surface area contributed by atoms with Crippen LogP contribution in [0.15, 0.2) is 12.1 Å². The molecule has 1 saturated heterocycles. The molecule has 1 aromatic carbocycles. The molecule has 1 aromatic rings. The standard InChI is InChI=1S/C28H38FNO4/c1-16-8-19-9-17(2)13-28(12-16,14-19)15-34-24-11-23(29)22(10-21(24)20-4-5-20)26(31)30-7-6-18(3)25(30)27(32)33/h10-11,16-20,25H,4-9,12-15H2,1-3H3,(H,32,33)/t16?,17?,18-,19?,25+,28?/m1/s1. The maximum Gasteiger partial charge on any atom is 0.326 e. The Bertz CT molecular complexity index is 954. The van der Waals surface area contributed by atoms with Gasteiger partial charge < -0.3 is 14.7 Å². The summed E-state index contributed by atoms with van der Waals surface area (Å²) in [6.45, 7) is 7.46. The normalized spacial score (nSPS) is 35.3. The summed E-state index contributed by atoms with van der Waals surface area (Å²) in [5.74, 6) is 0.707. The zero-order chi connectivity index (χ0) is 24.2. The average molecular weight is 472 g/mol. The second-order valence-corrected chi connectivity index (χ2v) is 12.1. The molecule has 1 heterocycles. The van der Waals surface area contributed by atoms with Gasteiger partial charge in [-0.15, -0.1) is 0 Å². The van der Waals surface area contributed by atoms with Crippen LogP contribution >= 0.6 is 0 Å². The van der Waals surface area contributed by atoms with Crippen LogP contribution in [0.25, 0.3) is 0 Å². The summed E-state index contributed by atoms with van der Waals surface area (Å²) in [5.41, 5.74) is 1.04. The predicted molar refractivity (Wildman–Crippen MR) is 127 cm³/mol. The summed E-state index contributed by atoms with van der Waals surface area (Å²) >= 11 is 0. The highest BCUT2D eigenvalue weighted by atomic mass is 19.1. The number of hydrogen-bond acceptors (Lipinski definition) is 3. The van der Waals surface area contributed by atoms with Crippen molar-refractivity contribution in [1.82, 2.24) is 4.90 Å². The molecule has 1 aliphatic heterocycles. The van der Waals surface area contributed by atoms with E-state index in [1.54, 1.807) is 6.07 Å². The van der Waals surface area contributed by atoms with Gasteiger partial charge in [-0.3, -0.25) is 4.79 Å². The molecule has 6 heteroatoms. The minimum atomic E-state index is -1.03. The molecule has 3 aliphatic carbocycles. The summed E-state index contributed by atoms with van der Waals surface area (Å²) in [7, 11) is 0. The highest BCUT2D eigenvalue weighted by Gasteiger charge is 2.45. The molecule has 4 fully saturated rings. The predicted octanol–water partition coefficient (Wildman–Crippen LogP) is 5.87. The SMILES string of the molecule is CC1CC2CC(C)CC(COc3cc(F)c(C(=O)N4CC[C@@H](C)[C@H]4C(=O)O)cc3C3CC3)(C1)C2. The van der Waals surface area contributed by atoms with Gasteiger partial charge in [0, 0.05) is 18.0 Å². The Hall–Kier alpha value is -2.11. The molecule has 3 saturated carbocycles. The summed E-state index contributed by atoms with van der Waals surface area (Å²) < 4.78 is 21.7. The van der Waals surface area contributed by atoms with Gasteiger partial charge in [-0.2, -0.15) is 0 Å². The van der Waals surface area contributed by atoms with E-state index in [0.717, 1.165) is 37.2 Å². The topological polar surface area (TPSA) is 66.8 Å².